The first kappa shape index (κ1) is 16.3. The molecule has 2 fully saturated rings. The lowest BCUT2D eigenvalue weighted by atomic mass is 10.1. The summed E-state index contributed by atoms with van der Waals surface area (Å²) in [4.78, 5) is 16.8. The second kappa shape index (κ2) is 7.79. The number of rotatable bonds is 7. The summed E-state index contributed by atoms with van der Waals surface area (Å²) in [6, 6.07) is 10.3. The Kier molecular flexibility index (Phi) is 5.51. The normalized spacial score (nSPS) is 21.3. The van der Waals surface area contributed by atoms with Crippen LogP contribution in [0.1, 0.15) is 24.8 Å². The Morgan fingerprint density at radius 2 is 2.04 bits per heavy atom. The average molecular weight is 317 g/mol. The van der Waals surface area contributed by atoms with E-state index < -0.39 is 0 Å². The standard InChI is InChI=1S/C18H27N3O2/c19-9-11-20-10-8-16(12-20)13-21(17-6-7-17)18(22)23-14-15-4-2-1-3-5-15/h1-5,16-17H,6-14,19H2/t16-/m0/s1. The molecule has 0 radical (unpaired) electrons. The lowest BCUT2D eigenvalue weighted by molar-refractivity contribution is 0.0876. The Morgan fingerprint density at radius 1 is 1.26 bits per heavy atom. The van der Waals surface area contributed by atoms with Crippen LogP contribution in [-0.4, -0.2) is 54.7 Å². The number of hydrogen-bond acceptors (Lipinski definition) is 4. The molecule has 1 aromatic rings. The molecular formula is C18H27N3O2. The molecule has 0 bridgehead atoms. The van der Waals surface area contributed by atoms with Crippen molar-refractivity contribution in [2.45, 2.75) is 31.9 Å². The Morgan fingerprint density at radius 3 is 2.74 bits per heavy atom. The Labute approximate surface area is 138 Å². The monoisotopic (exact) mass is 317 g/mol. The first-order chi connectivity index (χ1) is 11.3. The molecule has 0 aromatic heterocycles. The summed E-state index contributed by atoms with van der Waals surface area (Å²) in [5.41, 5.74) is 6.66. The second-order valence-corrected chi connectivity index (χ2v) is 6.67. The fourth-order valence-corrected chi connectivity index (χ4v) is 3.29. The number of benzene rings is 1. The van der Waals surface area contributed by atoms with Gasteiger partial charge < -0.3 is 20.3 Å². The number of nitrogens with two attached hydrogens (primary N) is 1. The van der Waals surface area contributed by atoms with Gasteiger partial charge in [0.15, 0.2) is 0 Å². The van der Waals surface area contributed by atoms with Crippen LogP contribution < -0.4 is 5.73 Å². The van der Waals surface area contributed by atoms with Crippen molar-refractivity contribution in [3.05, 3.63) is 35.9 Å². The molecule has 5 nitrogen and oxygen atoms in total. The minimum absolute atomic E-state index is 0.159. The SMILES string of the molecule is NCCN1CC[C@H](CN(C(=O)OCc2ccccc2)C2CC2)C1. The van der Waals surface area contributed by atoms with Crippen LogP contribution >= 0.6 is 0 Å². The molecule has 23 heavy (non-hydrogen) atoms. The maximum Gasteiger partial charge on any atom is 0.410 e. The van der Waals surface area contributed by atoms with E-state index in [2.05, 4.69) is 4.90 Å². The van der Waals surface area contributed by atoms with Crippen molar-refractivity contribution in [1.82, 2.24) is 9.80 Å². The lowest BCUT2D eigenvalue weighted by Gasteiger charge is -2.25. The molecule has 0 spiro atoms. The maximum absolute atomic E-state index is 12.5. The molecule has 3 rings (SSSR count). The zero-order chi connectivity index (χ0) is 16.1. The largest absolute Gasteiger partial charge is 0.445 e. The molecule has 1 aliphatic carbocycles. The molecule has 1 atom stereocenters. The van der Waals surface area contributed by atoms with Gasteiger partial charge in [0.25, 0.3) is 0 Å². The van der Waals surface area contributed by atoms with Gasteiger partial charge in [-0.1, -0.05) is 30.3 Å². The third-order valence-electron chi connectivity index (χ3n) is 4.70. The first-order valence-electron chi connectivity index (χ1n) is 8.66. The summed E-state index contributed by atoms with van der Waals surface area (Å²) in [6.07, 6.45) is 3.21. The van der Waals surface area contributed by atoms with Crippen molar-refractivity contribution < 1.29 is 9.53 Å². The summed E-state index contributed by atoms with van der Waals surface area (Å²) in [5.74, 6) is 0.548. The van der Waals surface area contributed by atoms with Crippen molar-refractivity contribution in [2.24, 2.45) is 11.7 Å². The van der Waals surface area contributed by atoms with E-state index >= 15 is 0 Å². The number of carbonyl (C=O) groups excluding carboxylic acids is 1. The molecule has 2 N–H and O–H groups in total. The summed E-state index contributed by atoms with van der Waals surface area (Å²) in [6.45, 7) is 4.98. The topological polar surface area (TPSA) is 58.8 Å². The van der Waals surface area contributed by atoms with Crippen LogP contribution in [-0.2, 0) is 11.3 Å². The second-order valence-electron chi connectivity index (χ2n) is 6.67. The summed E-state index contributed by atoms with van der Waals surface area (Å²) < 4.78 is 5.53. The number of hydrogen-bond donors (Lipinski definition) is 1. The molecular weight excluding hydrogens is 290 g/mol. The van der Waals surface area contributed by atoms with Crippen molar-refractivity contribution in [2.75, 3.05) is 32.7 Å². The minimum Gasteiger partial charge on any atom is -0.445 e. The molecule has 1 amide bonds. The number of ether oxygens (including phenoxy) is 1. The highest BCUT2D eigenvalue weighted by molar-refractivity contribution is 5.68. The van der Waals surface area contributed by atoms with Crippen LogP contribution in [0.3, 0.4) is 0 Å². The van der Waals surface area contributed by atoms with Crippen LogP contribution in [0, 0.1) is 5.92 Å². The summed E-state index contributed by atoms with van der Waals surface area (Å²) >= 11 is 0. The van der Waals surface area contributed by atoms with Gasteiger partial charge in [0.2, 0.25) is 0 Å². The fourth-order valence-electron chi connectivity index (χ4n) is 3.29. The van der Waals surface area contributed by atoms with Crippen LogP contribution in [0.15, 0.2) is 30.3 Å². The van der Waals surface area contributed by atoms with E-state index in [1.165, 1.54) is 0 Å². The van der Waals surface area contributed by atoms with Gasteiger partial charge >= 0.3 is 6.09 Å². The van der Waals surface area contributed by atoms with Gasteiger partial charge in [0.05, 0.1) is 0 Å². The van der Waals surface area contributed by atoms with E-state index in [1.54, 1.807) is 0 Å². The van der Waals surface area contributed by atoms with Crippen LogP contribution in [0.5, 0.6) is 0 Å². The summed E-state index contributed by atoms with van der Waals surface area (Å²) in [5, 5.41) is 0. The molecule has 0 unspecified atom stereocenters. The minimum atomic E-state index is -0.159. The van der Waals surface area contributed by atoms with E-state index in [4.69, 9.17) is 10.5 Å². The molecule has 1 saturated carbocycles. The fraction of sp³-hybridized carbons (Fsp3) is 0.611. The third kappa shape index (κ3) is 4.69. The van der Waals surface area contributed by atoms with Gasteiger partial charge in [-0.3, -0.25) is 0 Å². The van der Waals surface area contributed by atoms with E-state index in [-0.39, 0.29) is 6.09 Å². The zero-order valence-electron chi connectivity index (χ0n) is 13.7. The quantitative estimate of drug-likeness (QED) is 0.836. The number of nitrogens with zero attached hydrogens (tertiary/aromatic N) is 2. The molecule has 1 aromatic carbocycles. The predicted octanol–water partition coefficient (Wildman–Crippen LogP) is 2.07. The van der Waals surface area contributed by atoms with Crippen molar-refractivity contribution in [3.63, 3.8) is 0 Å². The first-order valence-corrected chi connectivity index (χ1v) is 8.66. The van der Waals surface area contributed by atoms with Gasteiger partial charge in [-0.25, -0.2) is 4.79 Å². The number of amides is 1. The van der Waals surface area contributed by atoms with E-state index in [9.17, 15) is 4.79 Å². The van der Waals surface area contributed by atoms with Crippen LogP contribution in [0.4, 0.5) is 4.79 Å². The highest BCUT2D eigenvalue weighted by Gasteiger charge is 2.36. The average Bonchev–Trinajstić information content (AvgIpc) is 3.32. The number of carbonyl (C=O) groups is 1. The predicted molar refractivity (Wildman–Crippen MR) is 90.0 cm³/mol. The van der Waals surface area contributed by atoms with Crippen molar-refractivity contribution in [1.29, 1.82) is 0 Å². The Bertz CT molecular complexity index is 504. The molecule has 1 heterocycles. The van der Waals surface area contributed by atoms with Crippen LogP contribution in [0.25, 0.3) is 0 Å². The van der Waals surface area contributed by atoms with Crippen molar-refractivity contribution in [3.8, 4) is 0 Å². The third-order valence-corrected chi connectivity index (χ3v) is 4.70. The smallest absolute Gasteiger partial charge is 0.410 e. The van der Waals surface area contributed by atoms with Gasteiger partial charge in [0, 0.05) is 32.2 Å². The van der Waals surface area contributed by atoms with Gasteiger partial charge in [0.1, 0.15) is 6.61 Å². The maximum atomic E-state index is 12.5. The van der Waals surface area contributed by atoms with Crippen molar-refractivity contribution >= 4 is 6.09 Å². The van der Waals surface area contributed by atoms with E-state index in [1.807, 2.05) is 35.2 Å². The Hall–Kier alpha value is -1.59. The molecule has 2 aliphatic rings. The van der Waals surface area contributed by atoms with Gasteiger partial charge in [-0.05, 0) is 37.3 Å². The lowest BCUT2D eigenvalue weighted by Crippen LogP contribution is -2.38. The summed E-state index contributed by atoms with van der Waals surface area (Å²) in [7, 11) is 0. The highest BCUT2D eigenvalue weighted by Crippen LogP contribution is 2.30. The number of likely N-dealkylation sites (tertiary alicyclic amines) is 1. The molecule has 1 saturated heterocycles. The van der Waals surface area contributed by atoms with Crippen LogP contribution in [0.2, 0.25) is 0 Å². The van der Waals surface area contributed by atoms with Gasteiger partial charge in [-0.2, -0.15) is 0 Å². The molecule has 1 aliphatic heterocycles. The zero-order valence-corrected chi connectivity index (χ0v) is 13.7. The van der Waals surface area contributed by atoms with Gasteiger partial charge in [-0.15, -0.1) is 0 Å². The molecule has 5 heteroatoms. The van der Waals surface area contributed by atoms with E-state index in [0.717, 1.165) is 51.0 Å². The molecule has 126 valence electrons. The highest BCUT2D eigenvalue weighted by atomic mass is 16.6. The Balaban J connectivity index is 1.49. The van der Waals surface area contributed by atoms with E-state index in [0.29, 0.717) is 25.1 Å².